The Balaban J connectivity index is 2.39. The lowest BCUT2D eigenvalue weighted by atomic mass is 10.1. The number of methoxy groups -OCH3 is 1. The van der Waals surface area contributed by atoms with E-state index < -0.39 is 0 Å². The van der Waals surface area contributed by atoms with Crippen LogP contribution < -0.4 is 5.32 Å². The van der Waals surface area contributed by atoms with Gasteiger partial charge in [0.05, 0.1) is 10.9 Å². The van der Waals surface area contributed by atoms with Gasteiger partial charge in [0.1, 0.15) is 0 Å². The summed E-state index contributed by atoms with van der Waals surface area (Å²) < 4.78 is 6.02. The fourth-order valence-corrected chi connectivity index (χ4v) is 2.38. The standard InChI is InChI=1S/C11H18ClNOS/c1-8(2)10(7-14-3)13-6-9-4-5-11(12)15-9/h4-5,8,10,13H,6-7H2,1-3H3. The Morgan fingerprint density at radius 2 is 2.20 bits per heavy atom. The van der Waals surface area contributed by atoms with Crippen LogP contribution in [-0.4, -0.2) is 19.8 Å². The summed E-state index contributed by atoms with van der Waals surface area (Å²) in [5.74, 6) is 0.570. The minimum atomic E-state index is 0.399. The first-order chi connectivity index (χ1) is 7.13. The summed E-state index contributed by atoms with van der Waals surface area (Å²) >= 11 is 7.49. The molecular weight excluding hydrogens is 230 g/mol. The molecule has 0 aliphatic heterocycles. The van der Waals surface area contributed by atoms with Crippen molar-refractivity contribution < 1.29 is 4.74 Å². The zero-order valence-electron chi connectivity index (χ0n) is 9.42. The van der Waals surface area contributed by atoms with Gasteiger partial charge in [0.25, 0.3) is 0 Å². The first-order valence-electron chi connectivity index (χ1n) is 5.10. The third kappa shape index (κ3) is 4.51. The van der Waals surface area contributed by atoms with E-state index in [-0.39, 0.29) is 0 Å². The number of hydrogen-bond acceptors (Lipinski definition) is 3. The maximum Gasteiger partial charge on any atom is 0.0931 e. The minimum Gasteiger partial charge on any atom is -0.383 e. The number of ether oxygens (including phenoxy) is 1. The van der Waals surface area contributed by atoms with Crippen molar-refractivity contribution >= 4 is 22.9 Å². The van der Waals surface area contributed by atoms with E-state index in [1.807, 2.05) is 6.07 Å². The molecule has 4 heteroatoms. The molecule has 0 saturated heterocycles. The summed E-state index contributed by atoms with van der Waals surface area (Å²) in [7, 11) is 1.74. The summed E-state index contributed by atoms with van der Waals surface area (Å²) in [4.78, 5) is 1.27. The normalized spacial score (nSPS) is 13.4. The summed E-state index contributed by atoms with van der Waals surface area (Å²) in [5, 5.41) is 3.48. The molecule has 1 N–H and O–H groups in total. The molecule has 0 aliphatic carbocycles. The van der Waals surface area contributed by atoms with Crippen LogP contribution in [-0.2, 0) is 11.3 Å². The molecule has 1 heterocycles. The molecular formula is C11H18ClNOS. The third-order valence-electron chi connectivity index (χ3n) is 2.32. The lowest BCUT2D eigenvalue weighted by Crippen LogP contribution is -2.37. The molecule has 0 amide bonds. The van der Waals surface area contributed by atoms with Gasteiger partial charge in [-0.15, -0.1) is 11.3 Å². The van der Waals surface area contributed by atoms with Gasteiger partial charge in [-0.2, -0.15) is 0 Å². The molecule has 0 spiro atoms. The van der Waals surface area contributed by atoms with Gasteiger partial charge >= 0.3 is 0 Å². The lowest BCUT2D eigenvalue weighted by molar-refractivity contribution is 0.146. The number of hydrogen-bond donors (Lipinski definition) is 1. The molecule has 2 nitrogen and oxygen atoms in total. The topological polar surface area (TPSA) is 21.3 Å². The molecule has 0 saturated carbocycles. The molecule has 1 aromatic heterocycles. The van der Waals surface area contributed by atoms with Crippen LogP contribution in [0.1, 0.15) is 18.7 Å². The second-order valence-electron chi connectivity index (χ2n) is 3.89. The monoisotopic (exact) mass is 247 g/mol. The van der Waals surface area contributed by atoms with E-state index in [0.717, 1.165) is 17.5 Å². The van der Waals surface area contributed by atoms with Crippen LogP contribution in [0.3, 0.4) is 0 Å². The lowest BCUT2D eigenvalue weighted by Gasteiger charge is -2.21. The average molecular weight is 248 g/mol. The van der Waals surface area contributed by atoms with Crippen LogP contribution in [0.5, 0.6) is 0 Å². The van der Waals surface area contributed by atoms with E-state index in [1.165, 1.54) is 4.88 Å². The summed E-state index contributed by atoms with van der Waals surface area (Å²) in [6.45, 7) is 6.00. The summed E-state index contributed by atoms with van der Waals surface area (Å²) in [6.07, 6.45) is 0. The molecule has 0 radical (unpaired) electrons. The van der Waals surface area contributed by atoms with Gasteiger partial charge in [-0.3, -0.25) is 0 Å². The molecule has 1 unspecified atom stereocenters. The Hall–Kier alpha value is -0.0900. The fourth-order valence-electron chi connectivity index (χ4n) is 1.35. The average Bonchev–Trinajstić information content (AvgIpc) is 2.58. The largest absolute Gasteiger partial charge is 0.383 e. The van der Waals surface area contributed by atoms with Crippen molar-refractivity contribution in [2.75, 3.05) is 13.7 Å². The number of nitrogens with one attached hydrogen (secondary N) is 1. The van der Waals surface area contributed by atoms with Crippen molar-refractivity contribution in [2.45, 2.75) is 26.4 Å². The highest BCUT2D eigenvalue weighted by molar-refractivity contribution is 7.16. The van der Waals surface area contributed by atoms with Crippen LogP contribution in [0.25, 0.3) is 0 Å². The summed E-state index contributed by atoms with van der Waals surface area (Å²) in [6, 6.07) is 4.39. The smallest absolute Gasteiger partial charge is 0.0931 e. The predicted molar refractivity (Wildman–Crippen MR) is 66.7 cm³/mol. The molecule has 15 heavy (non-hydrogen) atoms. The molecule has 86 valence electrons. The van der Waals surface area contributed by atoms with E-state index >= 15 is 0 Å². The van der Waals surface area contributed by atoms with Gasteiger partial charge in [-0.1, -0.05) is 25.4 Å². The third-order valence-corrected chi connectivity index (χ3v) is 3.55. The SMILES string of the molecule is COCC(NCc1ccc(Cl)s1)C(C)C. The first kappa shape index (κ1) is 13.0. The number of thiophene rings is 1. The summed E-state index contributed by atoms with van der Waals surface area (Å²) in [5.41, 5.74) is 0. The van der Waals surface area contributed by atoms with Crippen molar-refractivity contribution in [3.8, 4) is 0 Å². The first-order valence-corrected chi connectivity index (χ1v) is 6.29. The Morgan fingerprint density at radius 3 is 2.67 bits per heavy atom. The highest BCUT2D eigenvalue weighted by Crippen LogP contribution is 2.21. The van der Waals surface area contributed by atoms with Crippen LogP contribution in [0.2, 0.25) is 4.34 Å². The maximum absolute atomic E-state index is 5.87. The Kier molecular flexibility index (Phi) is 5.61. The van der Waals surface area contributed by atoms with Gasteiger partial charge < -0.3 is 10.1 Å². The quantitative estimate of drug-likeness (QED) is 0.834. The van der Waals surface area contributed by atoms with E-state index in [1.54, 1.807) is 18.4 Å². The zero-order chi connectivity index (χ0) is 11.3. The molecule has 0 fully saturated rings. The minimum absolute atomic E-state index is 0.399. The molecule has 1 atom stereocenters. The van der Waals surface area contributed by atoms with Crippen molar-refractivity contribution in [2.24, 2.45) is 5.92 Å². The number of halogens is 1. The Morgan fingerprint density at radius 1 is 1.47 bits per heavy atom. The van der Waals surface area contributed by atoms with E-state index in [4.69, 9.17) is 16.3 Å². The van der Waals surface area contributed by atoms with Crippen molar-refractivity contribution in [3.05, 3.63) is 21.3 Å². The highest BCUT2D eigenvalue weighted by Gasteiger charge is 2.12. The van der Waals surface area contributed by atoms with E-state index in [2.05, 4.69) is 25.2 Å². The van der Waals surface area contributed by atoms with Crippen molar-refractivity contribution in [3.63, 3.8) is 0 Å². The van der Waals surface area contributed by atoms with E-state index in [0.29, 0.717) is 12.0 Å². The van der Waals surface area contributed by atoms with Gasteiger partial charge in [0, 0.05) is 24.6 Å². The van der Waals surface area contributed by atoms with Crippen LogP contribution in [0.15, 0.2) is 12.1 Å². The van der Waals surface area contributed by atoms with Crippen LogP contribution in [0, 0.1) is 5.92 Å². The van der Waals surface area contributed by atoms with Crippen LogP contribution >= 0.6 is 22.9 Å². The fraction of sp³-hybridized carbons (Fsp3) is 0.636. The molecule has 1 rings (SSSR count). The van der Waals surface area contributed by atoms with Gasteiger partial charge in [0.15, 0.2) is 0 Å². The highest BCUT2D eigenvalue weighted by atomic mass is 35.5. The van der Waals surface area contributed by atoms with Crippen molar-refractivity contribution in [1.29, 1.82) is 0 Å². The van der Waals surface area contributed by atoms with Gasteiger partial charge in [-0.05, 0) is 18.1 Å². The van der Waals surface area contributed by atoms with Crippen LogP contribution in [0.4, 0.5) is 0 Å². The molecule has 0 bridgehead atoms. The molecule has 0 aromatic carbocycles. The van der Waals surface area contributed by atoms with Crippen molar-refractivity contribution in [1.82, 2.24) is 5.32 Å². The molecule has 1 aromatic rings. The van der Waals surface area contributed by atoms with Gasteiger partial charge in [-0.25, -0.2) is 0 Å². The molecule has 0 aliphatic rings. The Labute approximate surface area is 101 Å². The Bertz CT molecular complexity index is 288. The second-order valence-corrected chi connectivity index (χ2v) is 5.69. The second kappa shape index (κ2) is 6.48. The zero-order valence-corrected chi connectivity index (χ0v) is 11.0. The maximum atomic E-state index is 5.87. The predicted octanol–water partition coefficient (Wildman–Crippen LogP) is 3.16. The van der Waals surface area contributed by atoms with Gasteiger partial charge in [0.2, 0.25) is 0 Å². The number of rotatable bonds is 6. The van der Waals surface area contributed by atoms with E-state index in [9.17, 15) is 0 Å².